The number of hydrogen-bond acceptors (Lipinski definition) is 4. The summed E-state index contributed by atoms with van der Waals surface area (Å²) in [6, 6.07) is 4.26. The Bertz CT molecular complexity index is 513. The Labute approximate surface area is 132 Å². The fraction of sp³-hybridized carbons (Fsp3) is 0.647. The number of hydrogen-bond donors (Lipinski definition) is 2. The van der Waals surface area contributed by atoms with Crippen LogP contribution in [0.4, 0.5) is 5.82 Å². The molecule has 1 amide bonds. The summed E-state index contributed by atoms with van der Waals surface area (Å²) in [4.78, 5) is 19.0. The summed E-state index contributed by atoms with van der Waals surface area (Å²) in [5, 5.41) is 3.07. The van der Waals surface area contributed by atoms with Crippen molar-refractivity contribution in [2.45, 2.75) is 51.1 Å². The lowest BCUT2D eigenvalue weighted by Gasteiger charge is -2.25. The molecule has 0 radical (unpaired) electrons. The number of carbonyl (C=O) groups is 1. The third-order valence-electron chi connectivity index (χ3n) is 4.79. The average molecular weight is 302 g/mol. The van der Waals surface area contributed by atoms with Gasteiger partial charge in [0.1, 0.15) is 5.82 Å². The first-order valence-electron chi connectivity index (χ1n) is 8.45. The van der Waals surface area contributed by atoms with Crippen LogP contribution in [-0.4, -0.2) is 30.0 Å². The van der Waals surface area contributed by atoms with Crippen molar-refractivity contribution in [3.63, 3.8) is 0 Å². The molecule has 1 aliphatic heterocycles. The molecule has 1 saturated heterocycles. The molecule has 1 saturated carbocycles. The number of amides is 1. The number of carbonyl (C=O) groups excluding carboxylic acids is 1. The van der Waals surface area contributed by atoms with Crippen LogP contribution in [0.5, 0.6) is 0 Å². The SMILES string of the molecule is NC1CCCC(C(=O)NCc2ccnc(N3CCCC3)c2)C1. The Hall–Kier alpha value is -1.62. The molecule has 2 atom stereocenters. The van der Waals surface area contributed by atoms with Gasteiger partial charge in [0.25, 0.3) is 0 Å². The van der Waals surface area contributed by atoms with Crippen molar-refractivity contribution < 1.29 is 4.79 Å². The lowest BCUT2D eigenvalue weighted by Crippen LogP contribution is -2.37. The smallest absolute Gasteiger partial charge is 0.223 e. The van der Waals surface area contributed by atoms with Gasteiger partial charge in [0.2, 0.25) is 5.91 Å². The van der Waals surface area contributed by atoms with E-state index in [1.54, 1.807) is 0 Å². The van der Waals surface area contributed by atoms with Crippen molar-refractivity contribution in [3.05, 3.63) is 23.9 Å². The van der Waals surface area contributed by atoms with Crippen molar-refractivity contribution in [3.8, 4) is 0 Å². The standard InChI is InChI=1S/C17H26N4O/c18-15-5-3-4-14(11-15)17(22)20-12-13-6-7-19-16(10-13)21-8-1-2-9-21/h6-7,10,14-15H,1-5,8-9,11-12,18H2,(H,20,22). The minimum Gasteiger partial charge on any atom is -0.357 e. The molecular weight excluding hydrogens is 276 g/mol. The van der Waals surface area contributed by atoms with Gasteiger partial charge < -0.3 is 16.0 Å². The molecule has 2 unspecified atom stereocenters. The molecule has 22 heavy (non-hydrogen) atoms. The van der Waals surface area contributed by atoms with Gasteiger partial charge >= 0.3 is 0 Å². The summed E-state index contributed by atoms with van der Waals surface area (Å²) in [7, 11) is 0. The third-order valence-corrected chi connectivity index (χ3v) is 4.79. The number of anilines is 1. The van der Waals surface area contributed by atoms with Crippen LogP contribution in [0.2, 0.25) is 0 Å². The van der Waals surface area contributed by atoms with Crippen molar-refractivity contribution >= 4 is 11.7 Å². The number of nitrogens with one attached hydrogen (secondary N) is 1. The van der Waals surface area contributed by atoms with Crippen LogP contribution >= 0.6 is 0 Å². The Morgan fingerprint density at radius 2 is 2.14 bits per heavy atom. The van der Waals surface area contributed by atoms with Crippen LogP contribution in [0.15, 0.2) is 18.3 Å². The molecule has 3 N–H and O–H groups in total. The fourth-order valence-electron chi connectivity index (χ4n) is 3.49. The predicted octanol–water partition coefficient (Wildman–Crippen LogP) is 1.82. The number of aromatic nitrogens is 1. The Kier molecular flexibility index (Phi) is 4.93. The number of nitrogens with zero attached hydrogens (tertiary/aromatic N) is 2. The van der Waals surface area contributed by atoms with Gasteiger partial charge in [0, 0.05) is 37.8 Å². The highest BCUT2D eigenvalue weighted by Crippen LogP contribution is 2.23. The zero-order valence-electron chi connectivity index (χ0n) is 13.1. The van der Waals surface area contributed by atoms with Gasteiger partial charge in [-0.05, 0) is 49.8 Å². The normalized spacial score (nSPS) is 25.2. The highest BCUT2D eigenvalue weighted by Gasteiger charge is 2.25. The van der Waals surface area contributed by atoms with Crippen molar-refractivity contribution in [1.82, 2.24) is 10.3 Å². The Balaban J connectivity index is 1.54. The van der Waals surface area contributed by atoms with Crippen molar-refractivity contribution in [2.24, 2.45) is 11.7 Å². The van der Waals surface area contributed by atoms with Gasteiger partial charge in [-0.2, -0.15) is 0 Å². The van der Waals surface area contributed by atoms with E-state index in [1.165, 1.54) is 12.8 Å². The quantitative estimate of drug-likeness (QED) is 0.890. The van der Waals surface area contributed by atoms with Crippen LogP contribution in [0.1, 0.15) is 44.1 Å². The van der Waals surface area contributed by atoms with E-state index in [0.717, 1.165) is 50.2 Å². The van der Waals surface area contributed by atoms with Crippen LogP contribution < -0.4 is 16.0 Å². The minimum atomic E-state index is 0.0867. The topological polar surface area (TPSA) is 71.2 Å². The van der Waals surface area contributed by atoms with E-state index < -0.39 is 0 Å². The zero-order valence-corrected chi connectivity index (χ0v) is 13.1. The molecule has 2 heterocycles. The molecule has 5 nitrogen and oxygen atoms in total. The Morgan fingerprint density at radius 1 is 1.32 bits per heavy atom. The predicted molar refractivity (Wildman–Crippen MR) is 87.5 cm³/mol. The van der Waals surface area contributed by atoms with Crippen LogP contribution in [0.25, 0.3) is 0 Å². The molecule has 2 fully saturated rings. The van der Waals surface area contributed by atoms with Crippen LogP contribution in [0, 0.1) is 5.92 Å². The maximum absolute atomic E-state index is 12.3. The molecule has 120 valence electrons. The van der Waals surface area contributed by atoms with E-state index in [2.05, 4.69) is 21.3 Å². The second kappa shape index (κ2) is 7.09. The van der Waals surface area contributed by atoms with Gasteiger partial charge in [-0.3, -0.25) is 4.79 Å². The van der Waals surface area contributed by atoms with E-state index in [-0.39, 0.29) is 17.9 Å². The van der Waals surface area contributed by atoms with Gasteiger partial charge in [0.15, 0.2) is 0 Å². The summed E-state index contributed by atoms with van der Waals surface area (Å²) in [5.41, 5.74) is 7.08. The van der Waals surface area contributed by atoms with Crippen LogP contribution in [-0.2, 0) is 11.3 Å². The highest BCUT2D eigenvalue weighted by molar-refractivity contribution is 5.78. The molecule has 2 aliphatic rings. The molecular formula is C17H26N4O. The molecule has 0 spiro atoms. The lowest BCUT2D eigenvalue weighted by molar-refractivity contribution is -0.126. The molecule has 0 bridgehead atoms. The average Bonchev–Trinajstić information content (AvgIpc) is 3.07. The number of rotatable bonds is 4. The molecule has 5 heteroatoms. The summed E-state index contributed by atoms with van der Waals surface area (Å²) >= 11 is 0. The Morgan fingerprint density at radius 3 is 2.91 bits per heavy atom. The van der Waals surface area contributed by atoms with Crippen molar-refractivity contribution in [2.75, 3.05) is 18.0 Å². The largest absolute Gasteiger partial charge is 0.357 e. The van der Waals surface area contributed by atoms with Gasteiger partial charge in [0.05, 0.1) is 0 Å². The maximum Gasteiger partial charge on any atom is 0.223 e. The fourth-order valence-corrected chi connectivity index (χ4v) is 3.49. The summed E-state index contributed by atoms with van der Waals surface area (Å²) in [5.74, 6) is 1.27. The zero-order chi connectivity index (χ0) is 15.4. The molecule has 0 aromatic carbocycles. The van der Waals surface area contributed by atoms with Gasteiger partial charge in [-0.1, -0.05) is 6.42 Å². The summed E-state index contributed by atoms with van der Waals surface area (Å²) in [6.07, 6.45) is 8.22. The number of pyridine rings is 1. The van der Waals surface area contributed by atoms with E-state index in [9.17, 15) is 4.79 Å². The second-order valence-electron chi connectivity index (χ2n) is 6.56. The van der Waals surface area contributed by atoms with E-state index in [4.69, 9.17) is 5.73 Å². The first kappa shape index (κ1) is 15.3. The maximum atomic E-state index is 12.3. The molecule has 1 aromatic rings. The summed E-state index contributed by atoms with van der Waals surface area (Å²) in [6.45, 7) is 2.75. The number of nitrogens with two attached hydrogens (primary N) is 1. The molecule has 3 rings (SSSR count). The van der Waals surface area contributed by atoms with Crippen LogP contribution in [0.3, 0.4) is 0 Å². The van der Waals surface area contributed by atoms with E-state index >= 15 is 0 Å². The first-order valence-corrected chi connectivity index (χ1v) is 8.45. The first-order chi connectivity index (χ1) is 10.7. The third kappa shape index (κ3) is 3.77. The lowest BCUT2D eigenvalue weighted by atomic mass is 9.85. The minimum absolute atomic E-state index is 0.0867. The van der Waals surface area contributed by atoms with E-state index in [0.29, 0.717) is 6.54 Å². The van der Waals surface area contributed by atoms with E-state index in [1.807, 2.05) is 12.3 Å². The highest BCUT2D eigenvalue weighted by atomic mass is 16.1. The monoisotopic (exact) mass is 302 g/mol. The summed E-state index contributed by atoms with van der Waals surface area (Å²) < 4.78 is 0. The molecule has 1 aromatic heterocycles. The second-order valence-corrected chi connectivity index (χ2v) is 6.56. The van der Waals surface area contributed by atoms with Gasteiger partial charge in [-0.25, -0.2) is 4.98 Å². The molecule has 1 aliphatic carbocycles. The van der Waals surface area contributed by atoms with Crippen molar-refractivity contribution in [1.29, 1.82) is 0 Å². The van der Waals surface area contributed by atoms with Gasteiger partial charge in [-0.15, -0.1) is 0 Å².